The Morgan fingerprint density at radius 3 is 2.00 bits per heavy atom. The molecule has 15 heavy (non-hydrogen) atoms. The van der Waals surface area contributed by atoms with Crippen LogP contribution in [0.5, 0.6) is 0 Å². The highest BCUT2D eigenvalue weighted by atomic mass is 35.5. The molecule has 5 heteroatoms. The lowest BCUT2D eigenvalue weighted by Crippen LogP contribution is -1.92. The lowest BCUT2D eigenvalue weighted by atomic mass is 10.1. The predicted octanol–water partition coefficient (Wildman–Crippen LogP) is 2.63. The van der Waals surface area contributed by atoms with Crippen molar-refractivity contribution in [1.82, 2.24) is 0 Å². The van der Waals surface area contributed by atoms with E-state index in [9.17, 15) is 0 Å². The molecule has 0 aliphatic carbocycles. The van der Waals surface area contributed by atoms with E-state index in [2.05, 4.69) is 5.16 Å². The van der Waals surface area contributed by atoms with Gasteiger partial charge in [-0.25, -0.2) is 0 Å². The molecule has 0 aromatic heterocycles. The first-order valence-corrected chi connectivity index (χ1v) is 4.49. The van der Waals surface area contributed by atoms with Gasteiger partial charge < -0.3 is 10.3 Å². The van der Waals surface area contributed by atoms with Crippen molar-refractivity contribution >= 4 is 23.3 Å². The molecule has 0 radical (unpaired) electrons. The van der Waals surface area contributed by atoms with Crippen molar-refractivity contribution in [3.8, 4) is 0 Å². The monoisotopic (exact) mass is 229 g/mol. The molecule has 82 valence electrons. The number of carbonyl (C=O) groups is 1. The Balaban J connectivity index is 0.000000423. The number of oxime groups is 1. The molecule has 0 aliphatic heterocycles. The molecule has 4 nitrogen and oxygen atoms in total. The second-order valence-electron chi connectivity index (χ2n) is 2.71. The summed E-state index contributed by atoms with van der Waals surface area (Å²) in [6.45, 7) is 2.81. The summed E-state index contributed by atoms with van der Waals surface area (Å²) in [6.07, 6.45) is 0. The van der Waals surface area contributed by atoms with Crippen LogP contribution < -0.4 is 0 Å². The maximum atomic E-state index is 9.00. The van der Waals surface area contributed by atoms with Crippen molar-refractivity contribution in [3.63, 3.8) is 0 Å². The standard InChI is InChI=1S/C8H8ClNO.C2H4O2/c1-6(10-11)7-2-4-8(9)5-3-7;1-2(3)4/h2-5,11H,1H3;1H3,(H,3,4). The average molecular weight is 230 g/mol. The summed E-state index contributed by atoms with van der Waals surface area (Å²) in [4.78, 5) is 9.00. The van der Waals surface area contributed by atoms with E-state index in [1.165, 1.54) is 0 Å². The molecule has 0 spiro atoms. The van der Waals surface area contributed by atoms with Crippen LogP contribution in [0.2, 0.25) is 5.02 Å². The molecule has 2 N–H and O–H groups in total. The van der Waals surface area contributed by atoms with Crippen LogP contribution in [0.25, 0.3) is 0 Å². The Kier molecular flexibility index (Phi) is 6.13. The number of carboxylic acid groups (broad SMARTS) is 1. The van der Waals surface area contributed by atoms with Gasteiger partial charge in [0.1, 0.15) is 0 Å². The fourth-order valence-corrected chi connectivity index (χ4v) is 0.875. The van der Waals surface area contributed by atoms with Crippen LogP contribution in [0, 0.1) is 0 Å². The number of hydrogen-bond acceptors (Lipinski definition) is 3. The van der Waals surface area contributed by atoms with Crippen molar-refractivity contribution in [2.75, 3.05) is 0 Å². The van der Waals surface area contributed by atoms with Gasteiger partial charge in [0.05, 0.1) is 5.71 Å². The molecule has 0 saturated heterocycles. The average Bonchev–Trinajstić information content (AvgIpc) is 2.17. The summed E-state index contributed by atoms with van der Waals surface area (Å²) in [5.41, 5.74) is 1.46. The molecular formula is C10H12ClNO3. The zero-order valence-corrected chi connectivity index (χ0v) is 9.19. The first-order valence-electron chi connectivity index (χ1n) is 4.11. The molecule has 1 rings (SSSR count). The maximum Gasteiger partial charge on any atom is 0.300 e. The highest BCUT2D eigenvalue weighted by Gasteiger charge is 1.95. The summed E-state index contributed by atoms with van der Waals surface area (Å²) in [7, 11) is 0. The fourth-order valence-electron chi connectivity index (χ4n) is 0.749. The van der Waals surface area contributed by atoms with Crippen LogP contribution in [-0.2, 0) is 4.79 Å². The van der Waals surface area contributed by atoms with E-state index in [0.29, 0.717) is 10.7 Å². The van der Waals surface area contributed by atoms with Gasteiger partial charge in [0.2, 0.25) is 0 Å². The van der Waals surface area contributed by atoms with Gasteiger partial charge in [-0.15, -0.1) is 0 Å². The van der Waals surface area contributed by atoms with Crippen LogP contribution in [0.3, 0.4) is 0 Å². The first kappa shape index (κ1) is 13.4. The third-order valence-corrected chi connectivity index (χ3v) is 1.66. The molecule has 1 aromatic rings. The Morgan fingerprint density at radius 1 is 1.27 bits per heavy atom. The molecule has 1 aromatic carbocycles. The Hall–Kier alpha value is -1.55. The zero-order chi connectivity index (χ0) is 11.8. The topological polar surface area (TPSA) is 69.9 Å². The second kappa shape index (κ2) is 6.84. The Morgan fingerprint density at radius 2 is 1.67 bits per heavy atom. The van der Waals surface area contributed by atoms with Crippen molar-refractivity contribution in [3.05, 3.63) is 34.9 Å². The van der Waals surface area contributed by atoms with Crippen molar-refractivity contribution in [2.45, 2.75) is 13.8 Å². The minimum Gasteiger partial charge on any atom is -0.481 e. The lowest BCUT2D eigenvalue weighted by Gasteiger charge is -1.96. The third kappa shape index (κ3) is 6.51. The van der Waals surface area contributed by atoms with Crippen molar-refractivity contribution in [1.29, 1.82) is 0 Å². The zero-order valence-electron chi connectivity index (χ0n) is 8.44. The molecule has 0 unspecified atom stereocenters. The highest BCUT2D eigenvalue weighted by Crippen LogP contribution is 2.09. The van der Waals surface area contributed by atoms with Crippen LogP contribution >= 0.6 is 11.6 Å². The van der Waals surface area contributed by atoms with Gasteiger partial charge >= 0.3 is 0 Å². The largest absolute Gasteiger partial charge is 0.481 e. The van der Waals surface area contributed by atoms with Crippen molar-refractivity contribution < 1.29 is 15.1 Å². The second-order valence-corrected chi connectivity index (χ2v) is 3.15. The number of hydrogen-bond donors (Lipinski definition) is 2. The van der Waals surface area contributed by atoms with Crippen LogP contribution in [0.4, 0.5) is 0 Å². The van der Waals surface area contributed by atoms with Gasteiger partial charge in [-0.05, 0) is 24.6 Å². The first-order chi connectivity index (χ1) is 6.97. The predicted molar refractivity (Wildman–Crippen MR) is 58.8 cm³/mol. The van der Waals surface area contributed by atoms with Crippen LogP contribution in [0.15, 0.2) is 29.4 Å². The van der Waals surface area contributed by atoms with E-state index >= 15 is 0 Å². The minimum absolute atomic E-state index is 0.585. The van der Waals surface area contributed by atoms with Gasteiger partial charge in [-0.1, -0.05) is 28.9 Å². The fraction of sp³-hybridized carbons (Fsp3) is 0.200. The van der Waals surface area contributed by atoms with Gasteiger partial charge in [0, 0.05) is 11.9 Å². The van der Waals surface area contributed by atoms with Crippen molar-refractivity contribution in [2.24, 2.45) is 5.16 Å². The number of halogens is 1. The smallest absolute Gasteiger partial charge is 0.300 e. The molecule has 0 amide bonds. The number of aliphatic carboxylic acids is 1. The molecule has 0 bridgehead atoms. The van der Waals surface area contributed by atoms with Gasteiger partial charge in [0.15, 0.2) is 0 Å². The molecule has 0 saturated carbocycles. The summed E-state index contributed by atoms with van der Waals surface area (Å²) >= 11 is 5.66. The summed E-state index contributed by atoms with van der Waals surface area (Å²) < 4.78 is 0. The minimum atomic E-state index is -0.833. The highest BCUT2D eigenvalue weighted by molar-refractivity contribution is 6.30. The lowest BCUT2D eigenvalue weighted by molar-refractivity contribution is -0.134. The number of carboxylic acids is 1. The molecule has 0 atom stereocenters. The maximum absolute atomic E-state index is 9.00. The van der Waals surface area contributed by atoms with E-state index in [1.54, 1.807) is 31.2 Å². The van der Waals surface area contributed by atoms with Crippen LogP contribution in [0.1, 0.15) is 19.4 Å². The van der Waals surface area contributed by atoms with E-state index in [0.717, 1.165) is 12.5 Å². The van der Waals surface area contributed by atoms with E-state index in [-0.39, 0.29) is 0 Å². The number of benzene rings is 1. The van der Waals surface area contributed by atoms with Crippen LogP contribution in [-0.4, -0.2) is 22.0 Å². The number of rotatable bonds is 1. The Labute approximate surface area is 92.8 Å². The third-order valence-electron chi connectivity index (χ3n) is 1.41. The SMILES string of the molecule is CC(=NO)c1ccc(Cl)cc1.CC(=O)O. The summed E-state index contributed by atoms with van der Waals surface area (Å²) in [6, 6.07) is 7.12. The Bertz CT molecular complexity index is 342. The van der Waals surface area contributed by atoms with E-state index in [4.69, 9.17) is 26.7 Å². The van der Waals surface area contributed by atoms with Gasteiger partial charge in [-0.2, -0.15) is 0 Å². The summed E-state index contributed by atoms with van der Waals surface area (Å²) in [5.74, 6) is -0.833. The van der Waals surface area contributed by atoms with Gasteiger partial charge in [0.25, 0.3) is 5.97 Å². The summed E-state index contributed by atoms with van der Waals surface area (Å²) in [5, 5.41) is 19.6. The quantitative estimate of drug-likeness (QED) is 0.442. The molecule has 0 aliphatic rings. The van der Waals surface area contributed by atoms with E-state index in [1.807, 2.05) is 0 Å². The normalized spacial score (nSPS) is 10.2. The van der Waals surface area contributed by atoms with Gasteiger partial charge in [-0.3, -0.25) is 4.79 Å². The molecular weight excluding hydrogens is 218 g/mol. The number of nitrogens with zero attached hydrogens (tertiary/aromatic N) is 1. The van der Waals surface area contributed by atoms with E-state index < -0.39 is 5.97 Å². The molecule has 0 fully saturated rings. The molecule has 0 heterocycles.